The molecule has 0 saturated carbocycles. The van der Waals surface area contributed by atoms with Gasteiger partial charge >= 0.3 is 5.63 Å². The molecule has 0 aliphatic carbocycles. The summed E-state index contributed by atoms with van der Waals surface area (Å²) in [5, 5.41) is 2.33. The summed E-state index contributed by atoms with van der Waals surface area (Å²) in [5.41, 5.74) is 6.23. The first-order valence-electron chi connectivity index (χ1n) is 3.81. The van der Waals surface area contributed by atoms with E-state index in [1.807, 2.05) is 18.2 Å². The van der Waals surface area contributed by atoms with Crippen LogP contribution in [0.4, 0.5) is 5.82 Å². The topological polar surface area (TPSA) is 72.0 Å². The molecule has 4 heteroatoms. The standard InChI is InChI=1S/C9H8N2O2/c10-8-7(9(12)13-11-8)6-4-2-1-3-5-6/h1-5,11H,10H2. The molecule has 0 atom stereocenters. The molecule has 2 aromatic rings. The Labute approximate surface area is 74.0 Å². The Hall–Kier alpha value is -1.97. The van der Waals surface area contributed by atoms with Gasteiger partial charge in [-0.3, -0.25) is 0 Å². The average Bonchev–Trinajstić information content (AvgIpc) is 2.48. The number of aromatic nitrogens is 1. The Morgan fingerprint density at radius 1 is 1.23 bits per heavy atom. The largest absolute Gasteiger partial charge is 0.382 e. The maximum absolute atomic E-state index is 11.2. The van der Waals surface area contributed by atoms with E-state index in [9.17, 15) is 4.79 Å². The summed E-state index contributed by atoms with van der Waals surface area (Å²) in [6, 6.07) is 9.14. The fourth-order valence-electron chi connectivity index (χ4n) is 1.19. The normalized spacial score (nSPS) is 10.2. The summed E-state index contributed by atoms with van der Waals surface area (Å²) < 4.78 is 4.54. The lowest BCUT2D eigenvalue weighted by atomic mass is 10.1. The summed E-state index contributed by atoms with van der Waals surface area (Å²) in [7, 11) is 0. The van der Waals surface area contributed by atoms with E-state index in [1.165, 1.54) is 0 Å². The third kappa shape index (κ3) is 1.22. The molecule has 66 valence electrons. The van der Waals surface area contributed by atoms with Crippen molar-refractivity contribution in [3.8, 4) is 11.1 Å². The average molecular weight is 176 g/mol. The van der Waals surface area contributed by atoms with E-state index in [2.05, 4.69) is 9.68 Å². The van der Waals surface area contributed by atoms with Crippen LogP contribution in [0.25, 0.3) is 11.1 Å². The molecule has 0 bridgehead atoms. The molecule has 13 heavy (non-hydrogen) atoms. The van der Waals surface area contributed by atoms with Crippen molar-refractivity contribution in [1.29, 1.82) is 0 Å². The predicted molar refractivity (Wildman–Crippen MR) is 49.2 cm³/mol. The molecular formula is C9H8N2O2. The summed E-state index contributed by atoms with van der Waals surface area (Å²) >= 11 is 0. The molecule has 0 fully saturated rings. The number of aromatic amines is 1. The van der Waals surface area contributed by atoms with E-state index >= 15 is 0 Å². The molecule has 0 saturated heterocycles. The molecule has 0 amide bonds. The Morgan fingerprint density at radius 2 is 1.92 bits per heavy atom. The van der Waals surface area contributed by atoms with Crippen LogP contribution in [-0.4, -0.2) is 5.16 Å². The molecule has 0 aliphatic heterocycles. The van der Waals surface area contributed by atoms with Gasteiger partial charge in [-0.05, 0) is 5.56 Å². The van der Waals surface area contributed by atoms with Crippen LogP contribution in [0.15, 0.2) is 39.6 Å². The quantitative estimate of drug-likeness (QED) is 0.686. The van der Waals surface area contributed by atoms with Gasteiger partial charge in [0.1, 0.15) is 11.4 Å². The highest BCUT2D eigenvalue weighted by atomic mass is 16.5. The fraction of sp³-hybridized carbons (Fsp3) is 0. The second-order valence-corrected chi connectivity index (χ2v) is 2.65. The van der Waals surface area contributed by atoms with Gasteiger partial charge in [0.25, 0.3) is 0 Å². The lowest BCUT2D eigenvalue weighted by molar-refractivity contribution is 0.395. The van der Waals surface area contributed by atoms with Crippen LogP contribution in [0.2, 0.25) is 0 Å². The first-order valence-corrected chi connectivity index (χ1v) is 3.81. The molecule has 0 radical (unpaired) electrons. The van der Waals surface area contributed by atoms with E-state index in [0.717, 1.165) is 5.56 Å². The minimum atomic E-state index is -0.441. The number of anilines is 1. The summed E-state index contributed by atoms with van der Waals surface area (Å²) in [6.07, 6.45) is 0. The number of H-pyrrole nitrogens is 1. The molecule has 3 N–H and O–H groups in total. The van der Waals surface area contributed by atoms with Gasteiger partial charge in [-0.15, -0.1) is 0 Å². The summed E-state index contributed by atoms with van der Waals surface area (Å²) in [5.74, 6) is 0.260. The maximum atomic E-state index is 11.2. The monoisotopic (exact) mass is 176 g/mol. The van der Waals surface area contributed by atoms with Gasteiger partial charge in [-0.1, -0.05) is 30.3 Å². The lowest BCUT2D eigenvalue weighted by Crippen LogP contribution is -1.98. The first-order chi connectivity index (χ1) is 6.29. The predicted octanol–water partition coefficient (Wildman–Crippen LogP) is 1.22. The van der Waals surface area contributed by atoms with Gasteiger partial charge in [-0.2, -0.15) is 0 Å². The van der Waals surface area contributed by atoms with E-state index in [1.54, 1.807) is 12.1 Å². The molecular weight excluding hydrogens is 168 g/mol. The van der Waals surface area contributed by atoms with E-state index in [-0.39, 0.29) is 5.82 Å². The summed E-state index contributed by atoms with van der Waals surface area (Å²) in [4.78, 5) is 11.2. The summed E-state index contributed by atoms with van der Waals surface area (Å²) in [6.45, 7) is 0. The van der Waals surface area contributed by atoms with Crippen LogP contribution in [0.5, 0.6) is 0 Å². The van der Waals surface area contributed by atoms with Gasteiger partial charge in [0.15, 0.2) is 0 Å². The van der Waals surface area contributed by atoms with Crippen molar-refractivity contribution in [2.75, 3.05) is 5.73 Å². The minimum absolute atomic E-state index is 0.260. The number of hydrogen-bond acceptors (Lipinski definition) is 3. The first kappa shape index (κ1) is 7.67. The van der Waals surface area contributed by atoms with Crippen molar-refractivity contribution < 1.29 is 4.52 Å². The van der Waals surface area contributed by atoms with Gasteiger partial charge < -0.3 is 10.3 Å². The Kier molecular flexibility index (Phi) is 1.66. The number of rotatable bonds is 1. The molecule has 1 aromatic carbocycles. The molecule has 4 nitrogen and oxygen atoms in total. The second kappa shape index (κ2) is 2.82. The van der Waals surface area contributed by atoms with Crippen LogP contribution in [0, 0.1) is 0 Å². The smallest absolute Gasteiger partial charge is 0.367 e. The molecule has 0 spiro atoms. The van der Waals surface area contributed by atoms with E-state index in [0.29, 0.717) is 5.56 Å². The van der Waals surface area contributed by atoms with Gasteiger partial charge in [-0.25, -0.2) is 9.95 Å². The van der Waals surface area contributed by atoms with Crippen molar-refractivity contribution in [2.24, 2.45) is 0 Å². The highest BCUT2D eigenvalue weighted by molar-refractivity contribution is 5.71. The van der Waals surface area contributed by atoms with Crippen LogP contribution < -0.4 is 11.4 Å². The third-order valence-corrected chi connectivity index (χ3v) is 1.79. The Morgan fingerprint density at radius 3 is 2.46 bits per heavy atom. The van der Waals surface area contributed by atoms with Gasteiger partial charge in [0.2, 0.25) is 0 Å². The minimum Gasteiger partial charge on any atom is -0.382 e. The van der Waals surface area contributed by atoms with Crippen LogP contribution in [-0.2, 0) is 0 Å². The highest BCUT2D eigenvalue weighted by Gasteiger charge is 2.10. The number of nitrogen functional groups attached to an aromatic ring is 1. The van der Waals surface area contributed by atoms with Crippen molar-refractivity contribution >= 4 is 5.82 Å². The SMILES string of the molecule is Nc1[nH]oc(=O)c1-c1ccccc1. The molecule has 0 unspecified atom stereocenters. The zero-order valence-electron chi connectivity index (χ0n) is 6.78. The Bertz CT molecular complexity index is 456. The molecule has 1 aromatic heterocycles. The molecule has 1 heterocycles. The molecule has 0 aliphatic rings. The van der Waals surface area contributed by atoms with Crippen molar-refractivity contribution in [2.45, 2.75) is 0 Å². The zero-order chi connectivity index (χ0) is 9.26. The number of benzene rings is 1. The van der Waals surface area contributed by atoms with Crippen LogP contribution in [0.1, 0.15) is 0 Å². The highest BCUT2D eigenvalue weighted by Crippen LogP contribution is 2.19. The van der Waals surface area contributed by atoms with Gasteiger partial charge in [0.05, 0.1) is 0 Å². The second-order valence-electron chi connectivity index (χ2n) is 2.65. The zero-order valence-corrected chi connectivity index (χ0v) is 6.78. The third-order valence-electron chi connectivity index (χ3n) is 1.79. The van der Waals surface area contributed by atoms with Crippen molar-refractivity contribution in [3.63, 3.8) is 0 Å². The Balaban J connectivity index is 2.65. The molecule has 2 rings (SSSR count). The van der Waals surface area contributed by atoms with Crippen molar-refractivity contribution in [3.05, 3.63) is 40.8 Å². The van der Waals surface area contributed by atoms with Crippen LogP contribution >= 0.6 is 0 Å². The number of nitrogens with one attached hydrogen (secondary N) is 1. The van der Waals surface area contributed by atoms with E-state index < -0.39 is 5.63 Å². The maximum Gasteiger partial charge on any atom is 0.367 e. The van der Waals surface area contributed by atoms with Crippen molar-refractivity contribution in [1.82, 2.24) is 5.16 Å². The van der Waals surface area contributed by atoms with Crippen LogP contribution in [0.3, 0.4) is 0 Å². The number of hydrogen-bond donors (Lipinski definition) is 2. The van der Waals surface area contributed by atoms with E-state index in [4.69, 9.17) is 5.73 Å². The fourth-order valence-corrected chi connectivity index (χ4v) is 1.19. The van der Waals surface area contributed by atoms with Gasteiger partial charge in [0, 0.05) is 0 Å². The lowest BCUT2D eigenvalue weighted by Gasteiger charge is -1.94. The number of nitrogens with two attached hydrogens (primary N) is 1.